The number of nitrogens with one attached hydrogen (secondary N) is 1. The van der Waals surface area contributed by atoms with E-state index in [2.05, 4.69) is 31.3 Å². The van der Waals surface area contributed by atoms with Crippen LogP contribution in [0.2, 0.25) is 0 Å². The van der Waals surface area contributed by atoms with Crippen molar-refractivity contribution >= 4 is 24.0 Å². The zero-order valence-corrected chi connectivity index (χ0v) is 30.7. The largest absolute Gasteiger partial charge is 0.493 e. The van der Waals surface area contributed by atoms with Crippen LogP contribution in [0.4, 0.5) is 9.59 Å². The molecule has 49 heavy (non-hydrogen) atoms. The SMILES string of the molecule is COCCOCCC(=O)N1CCN(C(=O)Oc2ccc(CNC(=O)CCCC/C=C/C(C)C)cc2OC)C(CN(C)C(=O)OC(C)(C)C)C1. The summed E-state index contributed by atoms with van der Waals surface area (Å²) >= 11 is 0. The predicted octanol–water partition coefficient (Wildman–Crippen LogP) is 5.02. The Balaban J connectivity index is 2.05. The Labute approximate surface area is 292 Å². The molecule has 1 aromatic carbocycles. The number of carbonyl (C=O) groups excluding carboxylic acids is 4. The summed E-state index contributed by atoms with van der Waals surface area (Å²) < 4.78 is 27.3. The molecule has 0 saturated carbocycles. The van der Waals surface area contributed by atoms with Crippen molar-refractivity contribution in [1.29, 1.82) is 0 Å². The van der Waals surface area contributed by atoms with Crippen molar-refractivity contribution < 1.29 is 42.9 Å². The van der Waals surface area contributed by atoms with E-state index in [1.807, 2.05) is 0 Å². The smallest absolute Gasteiger partial charge is 0.415 e. The zero-order valence-electron chi connectivity index (χ0n) is 30.7. The van der Waals surface area contributed by atoms with Gasteiger partial charge in [0.1, 0.15) is 5.60 Å². The summed E-state index contributed by atoms with van der Waals surface area (Å²) in [6, 6.07) is 4.55. The second kappa shape index (κ2) is 21.3. The van der Waals surface area contributed by atoms with Crippen LogP contribution < -0.4 is 14.8 Å². The number of hydrogen-bond acceptors (Lipinski definition) is 9. The highest BCUT2D eigenvalue weighted by molar-refractivity contribution is 5.78. The summed E-state index contributed by atoms with van der Waals surface area (Å²) in [6.07, 6.45) is 6.52. The standard InChI is InChI=1S/C36H58N4O9/c1-27(2)13-11-9-10-12-14-32(41)37-24-28-15-16-30(31(23-28)46-8)48-35(44)40-19-18-39(33(42)17-20-47-22-21-45-7)26-29(40)25-38(6)34(43)49-36(3,4)5/h11,13,15-16,23,27,29H,9-10,12,14,17-22,24-26H2,1-8H3,(H,37,41)/b13-11+. The minimum atomic E-state index is -0.697. The van der Waals surface area contributed by atoms with E-state index < -0.39 is 23.8 Å². The summed E-state index contributed by atoms with van der Waals surface area (Å²) in [5, 5.41) is 2.94. The number of ether oxygens (including phenoxy) is 5. The fraction of sp³-hybridized carbons (Fsp3) is 0.667. The fourth-order valence-electron chi connectivity index (χ4n) is 5.03. The monoisotopic (exact) mass is 690 g/mol. The summed E-state index contributed by atoms with van der Waals surface area (Å²) in [6.45, 7) is 11.8. The van der Waals surface area contributed by atoms with Crippen molar-refractivity contribution in [3.8, 4) is 11.5 Å². The molecule has 1 heterocycles. The fourth-order valence-corrected chi connectivity index (χ4v) is 5.03. The van der Waals surface area contributed by atoms with Gasteiger partial charge in [-0.15, -0.1) is 0 Å². The topological polar surface area (TPSA) is 136 Å². The Hall–Kier alpha value is -3.84. The van der Waals surface area contributed by atoms with Gasteiger partial charge in [0.15, 0.2) is 11.5 Å². The Kier molecular flexibility index (Phi) is 18.0. The Morgan fingerprint density at radius 2 is 1.78 bits per heavy atom. The van der Waals surface area contributed by atoms with Gasteiger partial charge in [-0.05, 0) is 63.6 Å². The molecule has 1 unspecified atom stereocenters. The van der Waals surface area contributed by atoms with Crippen LogP contribution in [0.1, 0.15) is 72.3 Å². The molecule has 0 aromatic heterocycles. The molecule has 2 rings (SSSR count). The van der Waals surface area contributed by atoms with Crippen molar-refractivity contribution in [2.24, 2.45) is 5.92 Å². The van der Waals surface area contributed by atoms with Crippen LogP contribution in [0.5, 0.6) is 11.5 Å². The molecule has 276 valence electrons. The van der Waals surface area contributed by atoms with Gasteiger partial charge in [-0.1, -0.05) is 32.1 Å². The predicted molar refractivity (Wildman–Crippen MR) is 187 cm³/mol. The number of hydrogen-bond donors (Lipinski definition) is 1. The number of unbranched alkanes of at least 4 members (excludes halogenated alkanes) is 2. The molecular formula is C36H58N4O9. The number of benzene rings is 1. The van der Waals surface area contributed by atoms with E-state index in [0.29, 0.717) is 44.4 Å². The normalized spacial score (nSPS) is 15.0. The number of amides is 4. The van der Waals surface area contributed by atoms with Crippen molar-refractivity contribution in [3.05, 3.63) is 35.9 Å². The molecule has 0 aliphatic carbocycles. The summed E-state index contributed by atoms with van der Waals surface area (Å²) in [4.78, 5) is 56.3. The molecular weight excluding hydrogens is 632 g/mol. The lowest BCUT2D eigenvalue weighted by Crippen LogP contribution is -2.60. The van der Waals surface area contributed by atoms with Gasteiger partial charge in [-0.25, -0.2) is 9.59 Å². The summed E-state index contributed by atoms with van der Waals surface area (Å²) in [5.74, 6) is 0.935. The molecule has 0 radical (unpaired) electrons. The molecule has 1 aliphatic rings. The lowest BCUT2D eigenvalue weighted by Gasteiger charge is -2.42. The van der Waals surface area contributed by atoms with Gasteiger partial charge in [0, 0.05) is 53.3 Å². The lowest BCUT2D eigenvalue weighted by molar-refractivity contribution is -0.135. The number of likely N-dealkylation sites (N-methyl/N-ethyl adjacent to an activating group) is 1. The van der Waals surface area contributed by atoms with Gasteiger partial charge in [0.2, 0.25) is 11.8 Å². The van der Waals surface area contributed by atoms with Gasteiger partial charge in [0.25, 0.3) is 0 Å². The summed E-state index contributed by atoms with van der Waals surface area (Å²) in [7, 11) is 4.65. The summed E-state index contributed by atoms with van der Waals surface area (Å²) in [5.41, 5.74) is 0.0949. The molecule has 1 saturated heterocycles. The second-order valence-corrected chi connectivity index (χ2v) is 13.5. The minimum absolute atomic E-state index is 0.0269. The molecule has 13 nitrogen and oxygen atoms in total. The van der Waals surface area contributed by atoms with Gasteiger partial charge in [-0.2, -0.15) is 0 Å². The third kappa shape index (κ3) is 15.9. The van der Waals surface area contributed by atoms with Crippen LogP contribution in [0.15, 0.2) is 30.4 Å². The maximum Gasteiger partial charge on any atom is 0.415 e. The number of allylic oxidation sites excluding steroid dienone is 2. The first-order chi connectivity index (χ1) is 23.2. The molecule has 1 N–H and O–H groups in total. The van der Waals surface area contributed by atoms with Gasteiger partial charge < -0.3 is 38.8 Å². The number of piperazine rings is 1. The van der Waals surface area contributed by atoms with E-state index >= 15 is 0 Å². The maximum atomic E-state index is 13.6. The van der Waals surface area contributed by atoms with Crippen molar-refractivity contribution in [2.75, 3.05) is 67.3 Å². The lowest BCUT2D eigenvalue weighted by atomic mass is 10.1. The molecule has 1 aliphatic heterocycles. The Morgan fingerprint density at radius 1 is 1.02 bits per heavy atom. The number of nitrogens with zero attached hydrogens (tertiary/aromatic N) is 3. The Morgan fingerprint density at radius 3 is 2.45 bits per heavy atom. The number of methoxy groups -OCH3 is 2. The molecule has 1 atom stereocenters. The van der Waals surface area contributed by atoms with E-state index in [4.69, 9.17) is 23.7 Å². The molecule has 0 spiro atoms. The quantitative estimate of drug-likeness (QED) is 0.166. The van der Waals surface area contributed by atoms with Crippen molar-refractivity contribution in [3.63, 3.8) is 0 Å². The third-order valence-electron chi connectivity index (χ3n) is 7.61. The van der Waals surface area contributed by atoms with Crippen molar-refractivity contribution in [2.45, 2.75) is 84.9 Å². The van der Waals surface area contributed by atoms with E-state index in [9.17, 15) is 19.2 Å². The van der Waals surface area contributed by atoms with E-state index in [-0.39, 0.29) is 50.2 Å². The number of rotatable bonds is 18. The van der Waals surface area contributed by atoms with E-state index in [0.717, 1.165) is 24.8 Å². The first-order valence-electron chi connectivity index (χ1n) is 17.1. The zero-order chi connectivity index (χ0) is 36.4. The average molecular weight is 691 g/mol. The highest BCUT2D eigenvalue weighted by Gasteiger charge is 2.36. The van der Waals surface area contributed by atoms with Crippen LogP contribution in [-0.2, 0) is 30.3 Å². The van der Waals surface area contributed by atoms with E-state index in [1.165, 1.54) is 16.9 Å². The van der Waals surface area contributed by atoms with Crippen LogP contribution in [0.25, 0.3) is 0 Å². The first kappa shape index (κ1) is 41.3. The van der Waals surface area contributed by atoms with Crippen LogP contribution in [-0.4, -0.2) is 118 Å². The minimum Gasteiger partial charge on any atom is -0.493 e. The van der Waals surface area contributed by atoms with E-state index in [1.54, 1.807) is 58.0 Å². The number of carbonyl (C=O) groups is 4. The van der Waals surface area contributed by atoms with Crippen LogP contribution in [0, 0.1) is 5.92 Å². The molecule has 4 amide bonds. The van der Waals surface area contributed by atoms with Crippen LogP contribution in [0.3, 0.4) is 0 Å². The molecule has 1 aromatic rings. The molecule has 0 bridgehead atoms. The first-order valence-corrected chi connectivity index (χ1v) is 17.1. The third-order valence-corrected chi connectivity index (χ3v) is 7.61. The van der Waals surface area contributed by atoms with Gasteiger partial charge >= 0.3 is 12.2 Å². The highest BCUT2D eigenvalue weighted by atomic mass is 16.6. The maximum absolute atomic E-state index is 13.6. The highest BCUT2D eigenvalue weighted by Crippen LogP contribution is 2.29. The van der Waals surface area contributed by atoms with Gasteiger partial charge in [-0.3, -0.25) is 14.5 Å². The van der Waals surface area contributed by atoms with Crippen molar-refractivity contribution in [1.82, 2.24) is 20.0 Å². The van der Waals surface area contributed by atoms with Crippen LogP contribution >= 0.6 is 0 Å². The van der Waals surface area contributed by atoms with Gasteiger partial charge in [0.05, 0.1) is 39.4 Å². The Bertz CT molecular complexity index is 1230. The molecule has 13 heteroatoms. The molecule has 1 fully saturated rings. The second-order valence-electron chi connectivity index (χ2n) is 13.5. The average Bonchev–Trinajstić information content (AvgIpc) is 3.04.